The summed E-state index contributed by atoms with van der Waals surface area (Å²) in [6.45, 7) is 1.96. The van der Waals surface area contributed by atoms with E-state index in [1.165, 1.54) is 30.3 Å². The Labute approximate surface area is 166 Å². The van der Waals surface area contributed by atoms with Gasteiger partial charge in [0, 0.05) is 12.1 Å². The highest BCUT2D eigenvalue weighted by molar-refractivity contribution is 7.97. The van der Waals surface area contributed by atoms with E-state index in [9.17, 15) is 21.6 Å². The number of nitrogens with zero attached hydrogens (tertiary/aromatic N) is 1. The van der Waals surface area contributed by atoms with Crippen molar-refractivity contribution in [2.45, 2.75) is 29.6 Å². The Morgan fingerprint density at radius 3 is 2.29 bits per heavy atom. The topological polar surface area (TPSA) is 88.6 Å². The number of sulfone groups is 1. The van der Waals surface area contributed by atoms with Gasteiger partial charge in [0.05, 0.1) is 9.79 Å². The van der Waals surface area contributed by atoms with E-state index in [1.807, 2.05) is 6.92 Å². The van der Waals surface area contributed by atoms with Crippen LogP contribution in [0.5, 0.6) is 0 Å². The molecule has 6 nitrogen and oxygen atoms in total. The minimum atomic E-state index is -4.12. The molecule has 2 aromatic carbocycles. The summed E-state index contributed by atoms with van der Waals surface area (Å²) in [6, 6.07) is 12.0. The largest absolute Gasteiger partial charge is 0.298 e. The van der Waals surface area contributed by atoms with Crippen molar-refractivity contribution in [3.05, 3.63) is 64.7 Å². The van der Waals surface area contributed by atoms with E-state index in [-0.39, 0.29) is 21.4 Å². The smallest absolute Gasteiger partial charge is 0.264 e. The fourth-order valence-electron chi connectivity index (χ4n) is 3.23. The van der Waals surface area contributed by atoms with Gasteiger partial charge in [-0.2, -0.15) is 0 Å². The standard InChI is InChI=1S/C19H20BNO5S2/c1-2-3-12-21(28(25,26)15-10-8-14(13-22)9-11-15)19-18(20)16-6-4-5-7-17(16)27(19,23)24/h4-11,13H,2-3,12,20H2,1H3. The molecular weight excluding hydrogens is 397 g/mol. The van der Waals surface area contributed by atoms with Crippen molar-refractivity contribution in [1.29, 1.82) is 0 Å². The summed E-state index contributed by atoms with van der Waals surface area (Å²) >= 11 is 0. The first-order valence-corrected chi connectivity index (χ1v) is 11.8. The van der Waals surface area contributed by atoms with E-state index < -0.39 is 19.9 Å². The van der Waals surface area contributed by atoms with Gasteiger partial charge in [-0.15, -0.1) is 0 Å². The molecule has 0 bridgehead atoms. The van der Waals surface area contributed by atoms with E-state index in [4.69, 9.17) is 0 Å². The van der Waals surface area contributed by atoms with Crippen LogP contribution in [0.15, 0.2) is 63.4 Å². The first-order valence-electron chi connectivity index (χ1n) is 8.88. The number of benzene rings is 2. The van der Waals surface area contributed by atoms with Crippen LogP contribution in [0, 0.1) is 0 Å². The fourth-order valence-corrected chi connectivity index (χ4v) is 7.13. The number of sulfonamides is 1. The average Bonchev–Trinajstić information content (AvgIpc) is 2.89. The summed E-state index contributed by atoms with van der Waals surface area (Å²) in [5.41, 5.74) is 1.28. The maximum atomic E-state index is 13.3. The third-order valence-corrected chi connectivity index (χ3v) is 8.60. The quantitative estimate of drug-likeness (QED) is 0.508. The molecule has 1 aliphatic heterocycles. The van der Waals surface area contributed by atoms with Gasteiger partial charge in [0.25, 0.3) is 10.0 Å². The second-order valence-electron chi connectivity index (χ2n) is 6.55. The summed E-state index contributed by atoms with van der Waals surface area (Å²) in [7, 11) is -6.45. The lowest BCUT2D eigenvalue weighted by Gasteiger charge is -2.26. The molecule has 0 radical (unpaired) electrons. The van der Waals surface area contributed by atoms with E-state index in [1.54, 1.807) is 26.0 Å². The van der Waals surface area contributed by atoms with Gasteiger partial charge < -0.3 is 0 Å². The van der Waals surface area contributed by atoms with Crippen LogP contribution in [-0.2, 0) is 19.9 Å². The third-order valence-electron chi connectivity index (χ3n) is 4.70. The first kappa shape index (κ1) is 20.4. The molecule has 0 unspecified atom stereocenters. The minimum absolute atomic E-state index is 0.0498. The van der Waals surface area contributed by atoms with Crippen LogP contribution in [0.1, 0.15) is 35.7 Å². The molecule has 3 rings (SSSR count). The highest BCUT2D eigenvalue weighted by Crippen LogP contribution is 2.41. The number of unbranched alkanes of at least 4 members (excludes halogenated alkanes) is 1. The molecule has 0 saturated carbocycles. The Kier molecular flexibility index (Phi) is 5.49. The molecule has 146 valence electrons. The van der Waals surface area contributed by atoms with Crippen molar-refractivity contribution in [3.8, 4) is 0 Å². The highest BCUT2D eigenvalue weighted by Gasteiger charge is 2.41. The number of fused-ring (bicyclic) bond motifs is 1. The molecule has 0 fully saturated rings. The van der Waals surface area contributed by atoms with Gasteiger partial charge in [0.2, 0.25) is 9.84 Å². The predicted molar refractivity (Wildman–Crippen MR) is 110 cm³/mol. The van der Waals surface area contributed by atoms with E-state index in [2.05, 4.69) is 0 Å². The monoisotopic (exact) mass is 417 g/mol. The Balaban J connectivity index is 2.18. The molecule has 1 aliphatic rings. The van der Waals surface area contributed by atoms with Gasteiger partial charge in [0.1, 0.15) is 19.2 Å². The number of carbonyl (C=O) groups excluding carboxylic acids is 1. The van der Waals surface area contributed by atoms with Crippen molar-refractivity contribution in [2.75, 3.05) is 6.54 Å². The molecule has 0 N–H and O–H groups in total. The Bertz CT molecular complexity index is 1150. The van der Waals surface area contributed by atoms with Crippen molar-refractivity contribution in [1.82, 2.24) is 4.31 Å². The van der Waals surface area contributed by atoms with Crippen LogP contribution in [0.2, 0.25) is 0 Å². The maximum Gasteiger partial charge on any atom is 0.264 e. The number of carbonyl (C=O) groups is 1. The Morgan fingerprint density at radius 1 is 1.07 bits per heavy atom. The zero-order valence-electron chi connectivity index (χ0n) is 15.6. The third kappa shape index (κ3) is 3.29. The second-order valence-corrected chi connectivity index (χ2v) is 10.2. The molecule has 0 amide bonds. The molecule has 0 aromatic heterocycles. The Hall–Kier alpha value is -2.39. The SMILES string of the molecule is BC1=C(N(CCCC)S(=O)(=O)c2ccc(C=O)cc2)S(=O)(=O)c2ccccc21. The molecule has 9 heteroatoms. The zero-order valence-corrected chi connectivity index (χ0v) is 17.3. The summed E-state index contributed by atoms with van der Waals surface area (Å²) in [4.78, 5) is 10.9. The van der Waals surface area contributed by atoms with E-state index in [0.717, 1.165) is 4.31 Å². The zero-order chi connectivity index (χ0) is 20.5. The van der Waals surface area contributed by atoms with Gasteiger partial charge >= 0.3 is 0 Å². The average molecular weight is 417 g/mol. The van der Waals surface area contributed by atoms with Crippen LogP contribution in [0.4, 0.5) is 0 Å². The van der Waals surface area contributed by atoms with Crippen LogP contribution in [0.3, 0.4) is 0 Å². The van der Waals surface area contributed by atoms with Crippen molar-refractivity contribution < 1.29 is 21.6 Å². The van der Waals surface area contributed by atoms with Crippen molar-refractivity contribution in [3.63, 3.8) is 0 Å². The minimum Gasteiger partial charge on any atom is -0.298 e. The fraction of sp³-hybridized carbons (Fsp3) is 0.211. The van der Waals surface area contributed by atoms with E-state index >= 15 is 0 Å². The van der Waals surface area contributed by atoms with Crippen LogP contribution in [-0.4, -0.2) is 41.8 Å². The molecule has 0 saturated heterocycles. The number of aldehydes is 1. The van der Waals surface area contributed by atoms with Gasteiger partial charge in [-0.3, -0.25) is 9.10 Å². The number of hydrogen-bond acceptors (Lipinski definition) is 5. The lowest BCUT2D eigenvalue weighted by atomic mass is 9.89. The summed E-state index contributed by atoms with van der Waals surface area (Å²) < 4.78 is 54.0. The molecule has 0 spiro atoms. The first-order chi connectivity index (χ1) is 13.2. The second kappa shape index (κ2) is 7.56. The maximum absolute atomic E-state index is 13.3. The van der Waals surface area contributed by atoms with Gasteiger partial charge in [0.15, 0.2) is 0 Å². The summed E-state index contributed by atoms with van der Waals surface area (Å²) in [5, 5.41) is -0.193. The summed E-state index contributed by atoms with van der Waals surface area (Å²) in [5.74, 6) is 0. The molecule has 0 atom stereocenters. The molecular formula is C19H20BNO5S2. The molecule has 1 heterocycles. The molecule has 28 heavy (non-hydrogen) atoms. The normalized spacial score (nSPS) is 15.3. The number of hydrogen-bond donors (Lipinski definition) is 0. The number of rotatable bonds is 7. The van der Waals surface area contributed by atoms with Crippen LogP contribution >= 0.6 is 0 Å². The van der Waals surface area contributed by atoms with Crippen LogP contribution in [0.25, 0.3) is 5.47 Å². The highest BCUT2D eigenvalue weighted by atomic mass is 32.2. The van der Waals surface area contributed by atoms with Crippen LogP contribution < -0.4 is 0 Å². The Morgan fingerprint density at radius 2 is 1.71 bits per heavy atom. The van der Waals surface area contributed by atoms with Gasteiger partial charge in [-0.25, -0.2) is 16.8 Å². The summed E-state index contributed by atoms with van der Waals surface area (Å²) in [6.07, 6.45) is 1.83. The van der Waals surface area contributed by atoms with Gasteiger partial charge in [-0.05, 0) is 35.7 Å². The van der Waals surface area contributed by atoms with Crippen molar-refractivity contribution in [2.24, 2.45) is 0 Å². The molecule has 0 aliphatic carbocycles. The van der Waals surface area contributed by atoms with E-state index in [0.29, 0.717) is 35.7 Å². The lowest BCUT2D eigenvalue weighted by Crippen LogP contribution is -2.34. The predicted octanol–water partition coefficient (Wildman–Crippen LogP) is 2.04. The van der Waals surface area contributed by atoms with Crippen molar-refractivity contribution >= 4 is 39.5 Å². The lowest BCUT2D eigenvalue weighted by molar-refractivity contribution is 0.112. The molecule has 2 aromatic rings. The van der Waals surface area contributed by atoms with Gasteiger partial charge in [-0.1, -0.05) is 43.7 Å².